The molecule has 1 heterocycles. The van der Waals surface area contributed by atoms with Crippen molar-refractivity contribution in [3.63, 3.8) is 0 Å². The number of hydrogen-bond donors (Lipinski definition) is 1. The van der Waals surface area contributed by atoms with Gasteiger partial charge in [-0.3, -0.25) is 0 Å². The van der Waals surface area contributed by atoms with Gasteiger partial charge >= 0.3 is 0 Å². The summed E-state index contributed by atoms with van der Waals surface area (Å²) in [4.78, 5) is 10.8. The monoisotopic (exact) mass is 218 g/mol. The Morgan fingerprint density at radius 1 is 1.38 bits per heavy atom. The molecule has 0 bridgehead atoms. The number of nitrogens with zero attached hydrogens (tertiary/aromatic N) is 3. The van der Waals surface area contributed by atoms with Gasteiger partial charge in [-0.05, 0) is 31.1 Å². The first-order chi connectivity index (χ1) is 7.72. The van der Waals surface area contributed by atoms with Gasteiger partial charge in [-0.2, -0.15) is 0 Å². The number of hydrogen-bond acceptors (Lipinski definition) is 4. The minimum Gasteiger partial charge on any atom is -0.373 e. The molecule has 0 amide bonds. The zero-order chi connectivity index (χ0) is 11.2. The Morgan fingerprint density at radius 2 is 2.12 bits per heavy atom. The molecule has 4 nitrogen and oxygen atoms in total. The third-order valence-electron chi connectivity index (χ3n) is 4.11. The summed E-state index contributed by atoms with van der Waals surface area (Å²) < 4.78 is 0. The summed E-state index contributed by atoms with van der Waals surface area (Å²) in [6, 6.07) is 2.69. The van der Waals surface area contributed by atoms with Crippen LogP contribution in [0.2, 0.25) is 0 Å². The summed E-state index contributed by atoms with van der Waals surface area (Å²) in [6.45, 7) is 0. The van der Waals surface area contributed by atoms with E-state index in [4.69, 9.17) is 0 Å². The van der Waals surface area contributed by atoms with Gasteiger partial charge in [0, 0.05) is 26.2 Å². The van der Waals surface area contributed by atoms with E-state index >= 15 is 0 Å². The molecule has 0 aliphatic heterocycles. The van der Waals surface area contributed by atoms with Crippen molar-refractivity contribution < 1.29 is 0 Å². The summed E-state index contributed by atoms with van der Waals surface area (Å²) in [5, 5.41) is 3.05. The highest BCUT2D eigenvalue weighted by atomic mass is 15.2. The van der Waals surface area contributed by atoms with Crippen LogP contribution in [0.1, 0.15) is 25.7 Å². The van der Waals surface area contributed by atoms with Crippen LogP contribution in [0.4, 0.5) is 11.6 Å². The molecule has 86 valence electrons. The molecule has 1 aromatic rings. The quantitative estimate of drug-likeness (QED) is 0.841. The molecule has 1 spiro atoms. The van der Waals surface area contributed by atoms with Crippen molar-refractivity contribution in [2.75, 3.05) is 24.3 Å². The molecule has 2 aliphatic carbocycles. The van der Waals surface area contributed by atoms with Crippen molar-refractivity contribution in [2.24, 2.45) is 5.41 Å². The Hall–Kier alpha value is -1.32. The van der Waals surface area contributed by atoms with E-state index in [-0.39, 0.29) is 0 Å². The highest BCUT2D eigenvalue weighted by Gasteiger charge is 2.54. The molecule has 0 radical (unpaired) electrons. The van der Waals surface area contributed by atoms with Crippen LogP contribution in [0, 0.1) is 5.41 Å². The maximum absolute atomic E-state index is 4.33. The lowest BCUT2D eigenvalue weighted by Gasteiger charge is -2.42. The molecule has 2 aliphatic rings. The Labute approximate surface area is 96.1 Å². The van der Waals surface area contributed by atoms with Crippen LogP contribution < -0.4 is 10.2 Å². The van der Waals surface area contributed by atoms with Crippen molar-refractivity contribution in [3.8, 4) is 0 Å². The van der Waals surface area contributed by atoms with E-state index < -0.39 is 0 Å². The highest BCUT2D eigenvalue weighted by molar-refractivity contribution is 5.48. The predicted molar refractivity (Wildman–Crippen MR) is 64.7 cm³/mol. The second-order valence-electron chi connectivity index (χ2n) is 5.18. The summed E-state index contributed by atoms with van der Waals surface area (Å²) in [7, 11) is 4.02. The van der Waals surface area contributed by atoms with Crippen LogP contribution in [-0.2, 0) is 0 Å². The molecule has 16 heavy (non-hydrogen) atoms. The molecule has 0 saturated heterocycles. The van der Waals surface area contributed by atoms with Gasteiger partial charge < -0.3 is 10.2 Å². The van der Waals surface area contributed by atoms with Gasteiger partial charge in [-0.15, -0.1) is 0 Å². The summed E-state index contributed by atoms with van der Waals surface area (Å²) in [6.07, 6.45) is 7.22. The average molecular weight is 218 g/mol. The van der Waals surface area contributed by atoms with Crippen LogP contribution in [0.15, 0.2) is 12.4 Å². The van der Waals surface area contributed by atoms with Crippen LogP contribution in [0.5, 0.6) is 0 Å². The van der Waals surface area contributed by atoms with Crippen molar-refractivity contribution in [3.05, 3.63) is 12.4 Å². The predicted octanol–water partition coefficient (Wildman–Crippen LogP) is 1.90. The standard InChI is InChI=1S/C12H18N4/c1-13-10-5-11(15-8-14-10)16(2)9-6-12(7-9)3-4-12/h5,8-9H,3-4,6-7H2,1-2H3,(H,13,14,15). The second kappa shape index (κ2) is 3.34. The van der Waals surface area contributed by atoms with Gasteiger partial charge in [-0.1, -0.05) is 0 Å². The minimum absolute atomic E-state index is 0.683. The summed E-state index contributed by atoms with van der Waals surface area (Å²) in [5.74, 6) is 1.91. The summed E-state index contributed by atoms with van der Waals surface area (Å²) >= 11 is 0. The Morgan fingerprint density at radius 3 is 2.75 bits per heavy atom. The molecule has 1 N–H and O–H groups in total. The SMILES string of the molecule is CNc1cc(N(C)C2CC3(CC3)C2)ncn1. The van der Waals surface area contributed by atoms with E-state index in [0.29, 0.717) is 6.04 Å². The van der Waals surface area contributed by atoms with Gasteiger partial charge in [0.15, 0.2) is 0 Å². The van der Waals surface area contributed by atoms with Crippen LogP contribution in [-0.4, -0.2) is 30.1 Å². The van der Waals surface area contributed by atoms with Gasteiger partial charge in [0.1, 0.15) is 18.0 Å². The zero-order valence-corrected chi connectivity index (χ0v) is 9.90. The molecule has 3 rings (SSSR count). The van der Waals surface area contributed by atoms with Crippen LogP contribution >= 0.6 is 0 Å². The molecule has 0 atom stereocenters. The Balaban J connectivity index is 1.71. The molecule has 4 heteroatoms. The number of nitrogens with one attached hydrogen (secondary N) is 1. The molecule has 1 aromatic heterocycles. The van der Waals surface area contributed by atoms with Gasteiger partial charge in [-0.25, -0.2) is 9.97 Å². The van der Waals surface area contributed by atoms with E-state index in [1.165, 1.54) is 25.7 Å². The lowest BCUT2D eigenvalue weighted by atomic mass is 9.76. The van der Waals surface area contributed by atoms with Crippen LogP contribution in [0.3, 0.4) is 0 Å². The third-order valence-corrected chi connectivity index (χ3v) is 4.11. The van der Waals surface area contributed by atoms with E-state index in [1.807, 2.05) is 13.1 Å². The Kier molecular flexibility index (Phi) is 2.06. The fourth-order valence-corrected chi connectivity index (χ4v) is 2.66. The van der Waals surface area contributed by atoms with Crippen molar-refractivity contribution in [1.29, 1.82) is 0 Å². The molecule has 0 aromatic carbocycles. The first-order valence-electron chi connectivity index (χ1n) is 5.95. The number of anilines is 2. The fraction of sp³-hybridized carbons (Fsp3) is 0.667. The molecule has 2 saturated carbocycles. The highest BCUT2D eigenvalue weighted by Crippen LogP contribution is 2.61. The summed E-state index contributed by atoms with van der Waals surface area (Å²) in [5.41, 5.74) is 0.748. The third kappa shape index (κ3) is 1.52. The fourth-order valence-electron chi connectivity index (χ4n) is 2.66. The molecular formula is C12H18N4. The largest absolute Gasteiger partial charge is 0.373 e. The lowest BCUT2D eigenvalue weighted by molar-refractivity contribution is 0.232. The maximum Gasteiger partial charge on any atom is 0.134 e. The van der Waals surface area contributed by atoms with Crippen molar-refractivity contribution >= 4 is 11.6 Å². The molecule has 0 unspecified atom stereocenters. The molecule has 2 fully saturated rings. The number of rotatable bonds is 3. The smallest absolute Gasteiger partial charge is 0.134 e. The van der Waals surface area contributed by atoms with Crippen molar-refractivity contribution in [1.82, 2.24) is 9.97 Å². The van der Waals surface area contributed by atoms with E-state index in [9.17, 15) is 0 Å². The lowest BCUT2D eigenvalue weighted by Crippen LogP contribution is -2.44. The second-order valence-corrected chi connectivity index (χ2v) is 5.18. The minimum atomic E-state index is 0.683. The van der Waals surface area contributed by atoms with Crippen molar-refractivity contribution in [2.45, 2.75) is 31.7 Å². The first-order valence-corrected chi connectivity index (χ1v) is 5.95. The first kappa shape index (κ1) is 9.87. The maximum atomic E-state index is 4.33. The number of aromatic nitrogens is 2. The zero-order valence-electron chi connectivity index (χ0n) is 9.90. The van der Waals surface area contributed by atoms with E-state index in [1.54, 1.807) is 6.33 Å². The topological polar surface area (TPSA) is 41.0 Å². The van der Waals surface area contributed by atoms with Crippen LogP contribution in [0.25, 0.3) is 0 Å². The van der Waals surface area contributed by atoms with E-state index in [2.05, 4.69) is 27.2 Å². The average Bonchev–Trinajstić information content (AvgIpc) is 3.06. The van der Waals surface area contributed by atoms with Gasteiger partial charge in [0.05, 0.1) is 0 Å². The van der Waals surface area contributed by atoms with Gasteiger partial charge in [0.25, 0.3) is 0 Å². The normalized spacial score (nSPS) is 21.6. The molecular weight excluding hydrogens is 200 g/mol. The van der Waals surface area contributed by atoms with E-state index in [0.717, 1.165) is 17.1 Å². The van der Waals surface area contributed by atoms with Gasteiger partial charge in [0.2, 0.25) is 0 Å². The Bertz CT molecular complexity index is 392.